The van der Waals surface area contributed by atoms with Crippen LogP contribution in [0.4, 0.5) is 5.69 Å². The summed E-state index contributed by atoms with van der Waals surface area (Å²) in [5.41, 5.74) is 2.43. The van der Waals surface area contributed by atoms with Crippen LogP contribution in [0, 0.1) is 12.8 Å². The molecule has 1 atom stereocenters. The van der Waals surface area contributed by atoms with Gasteiger partial charge in [-0.2, -0.15) is 0 Å². The molecule has 2 saturated heterocycles. The Kier molecular flexibility index (Phi) is 4.36. The van der Waals surface area contributed by atoms with Crippen LogP contribution in [0.15, 0.2) is 18.2 Å². The number of aryl methyl sites for hydroxylation is 1. The summed E-state index contributed by atoms with van der Waals surface area (Å²) in [6, 6.07) is 6.00. The highest BCUT2D eigenvalue weighted by atomic mass is 35.5. The number of carbonyl (C=O) groups is 1. The zero-order valence-electron chi connectivity index (χ0n) is 12.4. The highest BCUT2D eigenvalue weighted by molar-refractivity contribution is 6.30. The molecule has 1 amide bonds. The van der Waals surface area contributed by atoms with Crippen molar-refractivity contribution >= 4 is 23.2 Å². The normalized spacial score (nSPS) is 22.7. The molecule has 1 unspecified atom stereocenters. The van der Waals surface area contributed by atoms with E-state index in [4.69, 9.17) is 11.6 Å². The van der Waals surface area contributed by atoms with Gasteiger partial charge in [-0.15, -0.1) is 0 Å². The van der Waals surface area contributed by atoms with E-state index in [2.05, 4.69) is 23.2 Å². The lowest BCUT2D eigenvalue weighted by Crippen LogP contribution is -2.50. The first-order valence-electron chi connectivity index (χ1n) is 7.66. The van der Waals surface area contributed by atoms with Crippen LogP contribution in [0.5, 0.6) is 0 Å². The van der Waals surface area contributed by atoms with Crippen LogP contribution >= 0.6 is 11.6 Å². The molecule has 21 heavy (non-hydrogen) atoms. The Bertz CT molecular complexity index is 520. The van der Waals surface area contributed by atoms with Crippen LogP contribution in [0.3, 0.4) is 0 Å². The van der Waals surface area contributed by atoms with Crippen molar-refractivity contribution in [2.45, 2.75) is 13.3 Å². The van der Waals surface area contributed by atoms with E-state index in [9.17, 15) is 4.79 Å². The van der Waals surface area contributed by atoms with E-state index in [1.54, 1.807) is 0 Å². The maximum atomic E-state index is 12.4. The molecule has 3 rings (SSSR count). The Morgan fingerprint density at radius 1 is 1.29 bits per heavy atom. The number of amides is 1. The summed E-state index contributed by atoms with van der Waals surface area (Å²) >= 11 is 6.10. The zero-order chi connectivity index (χ0) is 14.8. The average molecular weight is 308 g/mol. The predicted octanol–water partition coefficient (Wildman–Crippen LogP) is 1.91. The molecule has 0 aliphatic carbocycles. The van der Waals surface area contributed by atoms with Crippen LogP contribution in [-0.4, -0.2) is 50.1 Å². The first kappa shape index (κ1) is 14.7. The fourth-order valence-corrected chi connectivity index (χ4v) is 3.38. The van der Waals surface area contributed by atoms with Gasteiger partial charge in [0.2, 0.25) is 5.91 Å². The first-order valence-corrected chi connectivity index (χ1v) is 8.03. The Hall–Kier alpha value is -1.26. The third-order valence-electron chi connectivity index (χ3n) is 4.51. The molecule has 1 N–H and O–H groups in total. The number of hydrogen-bond donors (Lipinski definition) is 1. The van der Waals surface area contributed by atoms with Gasteiger partial charge < -0.3 is 15.1 Å². The fourth-order valence-electron chi connectivity index (χ4n) is 3.21. The van der Waals surface area contributed by atoms with Gasteiger partial charge in [-0.3, -0.25) is 4.79 Å². The molecule has 4 nitrogen and oxygen atoms in total. The molecule has 0 spiro atoms. The summed E-state index contributed by atoms with van der Waals surface area (Å²) in [5.74, 6) is 0.506. The van der Waals surface area contributed by atoms with E-state index in [0.717, 1.165) is 50.7 Å². The highest BCUT2D eigenvalue weighted by Gasteiger charge is 2.29. The van der Waals surface area contributed by atoms with E-state index >= 15 is 0 Å². The number of hydrogen-bond acceptors (Lipinski definition) is 3. The van der Waals surface area contributed by atoms with E-state index in [-0.39, 0.29) is 5.92 Å². The van der Waals surface area contributed by atoms with Crippen molar-refractivity contribution in [3.63, 3.8) is 0 Å². The van der Waals surface area contributed by atoms with Crippen LogP contribution < -0.4 is 10.2 Å². The van der Waals surface area contributed by atoms with E-state index in [0.29, 0.717) is 5.91 Å². The van der Waals surface area contributed by atoms with Gasteiger partial charge in [0, 0.05) is 43.4 Å². The number of benzene rings is 1. The predicted molar refractivity (Wildman–Crippen MR) is 86.0 cm³/mol. The Morgan fingerprint density at radius 3 is 2.71 bits per heavy atom. The van der Waals surface area contributed by atoms with Crippen molar-refractivity contribution in [3.8, 4) is 0 Å². The molecule has 2 aliphatic rings. The largest absolute Gasteiger partial charge is 0.368 e. The van der Waals surface area contributed by atoms with Crippen LogP contribution in [0.1, 0.15) is 12.0 Å². The molecule has 2 fully saturated rings. The highest BCUT2D eigenvalue weighted by Crippen LogP contribution is 2.25. The third kappa shape index (κ3) is 3.16. The second-order valence-corrected chi connectivity index (χ2v) is 6.37. The summed E-state index contributed by atoms with van der Waals surface area (Å²) in [5, 5.41) is 4.04. The molecular weight excluding hydrogens is 286 g/mol. The van der Waals surface area contributed by atoms with Crippen LogP contribution in [0.2, 0.25) is 5.02 Å². The van der Waals surface area contributed by atoms with Crippen molar-refractivity contribution in [2.24, 2.45) is 5.92 Å². The minimum Gasteiger partial charge on any atom is -0.368 e. The lowest BCUT2D eigenvalue weighted by molar-refractivity contribution is -0.135. The second kappa shape index (κ2) is 6.24. The van der Waals surface area contributed by atoms with Crippen molar-refractivity contribution < 1.29 is 4.79 Å². The molecule has 0 bridgehead atoms. The summed E-state index contributed by atoms with van der Waals surface area (Å²) < 4.78 is 0. The SMILES string of the molecule is Cc1ccc(Cl)cc1N1CCN(C(=O)C2CCNC2)CC1. The minimum absolute atomic E-state index is 0.185. The monoisotopic (exact) mass is 307 g/mol. The maximum Gasteiger partial charge on any atom is 0.227 e. The molecule has 1 aromatic carbocycles. The summed E-state index contributed by atoms with van der Waals surface area (Å²) in [6.45, 7) is 7.29. The lowest BCUT2D eigenvalue weighted by atomic mass is 10.1. The molecule has 5 heteroatoms. The number of halogens is 1. The van der Waals surface area contributed by atoms with Gasteiger partial charge >= 0.3 is 0 Å². The smallest absolute Gasteiger partial charge is 0.227 e. The van der Waals surface area contributed by atoms with Gasteiger partial charge in [-0.25, -0.2) is 0 Å². The van der Waals surface area contributed by atoms with Gasteiger partial charge in [0.05, 0.1) is 5.92 Å². The number of nitrogens with one attached hydrogen (secondary N) is 1. The fraction of sp³-hybridized carbons (Fsp3) is 0.562. The molecular formula is C16H22ClN3O. The zero-order valence-corrected chi connectivity index (χ0v) is 13.2. The molecule has 0 aromatic heterocycles. The first-order chi connectivity index (χ1) is 10.1. The molecule has 2 heterocycles. The van der Waals surface area contributed by atoms with Crippen molar-refractivity contribution in [1.29, 1.82) is 0 Å². The number of carbonyl (C=O) groups excluding carboxylic acids is 1. The molecule has 0 saturated carbocycles. The molecule has 1 aromatic rings. The van der Waals surface area contributed by atoms with E-state index < -0.39 is 0 Å². The van der Waals surface area contributed by atoms with E-state index in [1.807, 2.05) is 17.0 Å². The Labute approximate surface area is 131 Å². The van der Waals surface area contributed by atoms with Gasteiger partial charge in [-0.05, 0) is 37.6 Å². The molecule has 0 radical (unpaired) electrons. The second-order valence-electron chi connectivity index (χ2n) is 5.93. The van der Waals surface area contributed by atoms with Crippen LogP contribution in [-0.2, 0) is 4.79 Å². The quantitative estimate of drug-likeness (QED) is 0.906. The minimum atomic E-state index is 0.185. The summed E-state index contributed by atoms with van der Waals surface area (Å²) in [4.78, 5) is 16.8. The number of anilines is 1. The van der Waals surface area contributed by atoms with Gasteiger partial charge in [0.15, 0.2) is 0 Å². The van der Waals surface area contributed by atoms with Crippen LogP contribution in [0.25, 0.3) is 0 Å². The summed E-state index contributed by atoms with van der Waals surface area (Å²) in [7, 11) is 0. The topological polar surface area (TPSA) is 35.6 Å². The van der Waals surface area contributed by atoms with Gasteiger partial charge in [0.1, 0.15) is 0 Å². The number of nitrogens with zero attached hydrogens (tertiary/aromatic N) is 2. The number of rotatable bonds is 2. The summed E-state index contributed by atoms with van der Waals surface area (Å²) in [6.07, 6.45) is 0.979. The lowest BCUT2D eigenvalue weighted by Gasteiger charge is -2.37. The molecule has 2 aliphatic heterocycles. The maximum absolute atomic E-state index is 12.4. The Morgan fingerprint density at radius 2 is 2.05 bits per heavy atom. The van der Waals surface area contributed by atoms with Crippen molar-refractivity contribution in [2.75, 3.05) is 44.2 Å². The van der Waals surface area contributed by atoms with Gasteiger partial charge in [0.25, 0.3) is 0 Å². The van der Waals surface area contributed by atoms with Gasteiger partial charge in [-0.1, -0.05) is 17.7 Å². The third-order valence-corrected chi connectivity index (χ3v) is 4.75. The van der Waals surface area contributed by atoms with E-state index in [1.165, 1.54) is 11.3 Å². The standard InChI is InChI=1S/C16H22ClN3O/c1-12-2-3-14(17)10-15(12)19-6-8-20(9-7-19)16(21)13-4-5-18-11-13/h2-3,10,13,18H,4-9,11H2,1H3. The van der Waals surface area contributed by atoms with Crippen molar-refractivity contribution in [1.82, 2.24) is 10.2 Å². The molecule has 114 valence electrons. The average Bonchev–Trinajstić information content (AvgIpc) is 3.03. The van der Waals surface area contributed by atoms with Crippen molar-refractivity contribution in [3.05, 3.63) is 28.8 Å². The Balaban J connectivity index is 1.62. The number of piperazine rings is 1.